The number of nitrogens with zero attached hydrogens (tertiary/aromatic N) is 2. The standard InChI is InChI=1S/C11H12F3N3O2/c1-7(17-19-2)5-16-10(18)8-6-15-4-3-9(8)11(12,13)14/h3-4,6H,5H2,1-2H3,(H,16,18). The summed E-state index contributed by atoms with van der Waals surface area (Å²) < 4.78 is 38.0. The van der Waals surface area contributed by atoms with Gasteiger partial charge in [-0.25, -0.2) is 0 Å². The molecule has 19 heavy (non-hydrogen) atoms. The van der Waals surface area contributed by atoms with Crippen LogP contribution in [0.3, 0.4) is 0 Å². The molecule has 1 rings (SSSR count). The molecule has 1 N–H and O–H groups in total. The third-order valence-corrected chi connectivity index (χ3v) is 2.12. The molecular formula is C11H12F3N3O2. The third kappa shape index (κ3) is 4.23. The average Bonchev–Trinajstić information content (AvgIpc) is 2.35. The van der Waals surface area contributed by atoms with Crippen LogP contribution in [-0.4, -0.2) is 30.3 Å². The summed E-state index contributed by atoms with van der Waals surface area (Å²) in [6.45, 7) is 1.55. The Morgan fingerprint density at radius 1 is 1.53 bits per heavy atom. The first kappa shape index (κ1) is 14.9. The van der Waals surface area contributed by atoms with Crippen molar-refractivity contribution in [2.24, 2.45) is 5.16 Å². The van der Waals surface area contributed by atoms with Crippen molar-refractivity contribution in [1.82, 2.24) is 10.3 Å². The smallest absolute Gasteiger partial charge is 0.399 e. The molecule has 0 unspecified atom stereocenters. The molecule has 0 radical (unpaired) electrons. The van der Waals surface area contributed by atoms with Gasteiger partial charge in [-0.05, 0) is 13.0 Å². The number of alkyl halides is 3. The van der Waals surface area contributed by atoms with Crippen LogP contribution in [0.25, 0.3) is 0 Å². The SMILES string of the molecule is CON=C(C)CNC(=O)c1cnccc1C(F)(F)F. The molecule has 1 amide bonds. The van der Waals surface area contributed by atoms with Gasteiger partial charge in [0.2, 0.25) is 0 Å². The maximum atomic E-state index is 12.7. The zero-order valence-corrected chi connectivity index (χ0v) is 10.3. The molecule has 0 aliphatic carbocycles. The van der Waals surface area contributed by atoms with Crippen molar-refractivity contribution >= 4 is 11.6 Å². The molecule has 0 bridgehead atoms. The van der Waals surface area contributed by atoms with Crippen LogP contribution in [0, 0.1) is 0 Å². The fraction of sp³-hybridized carbons (Fsp3) is 0.364. The Morgan fingerprint density at radius 3 is 2.79 bits per heavy atom. The lowest BCUT2D eigenvalue weighted by molar-refractivity contribution is -0.138. The van der Waals surface area contributed by atoms with Gasteiger partial charge in [-0.15, -0.1) is 0 Å². The molecule has 0 saturated heterocycles. The second-order valence-electron chi connectivity index (χ2n) is 3.61. The maximum Gasteiger partial charge on any atom is 0.417 e. The van der Waals surface area contributed by atoms with E-state index in [0.717, 1.165) is 18.5 Å². The predicted octanol–water partition coefficient (Wildman–Crippen LogP) is 1.85. The van der Waals surface area contributed by atoms with Crippen LogP contribution in [0.2, 0.25) is 0 Å². The van der Waals surface area contributed by atoms with Crippen molar-refractivity contribution in [2.45, 2.75) is 13.1 Å². The third-order valence-electron chi connectivity index (χ3n) is 2.12. The molecule has 1 aromatic rings. The topological polar surface area (TPSA) is 63.6 Å². The lowest BCUT2D eigenvalue weighted by Crippen LogP contribution is -2.30. The minimum Gasteiger partial charge on any atom is -0.399 e. The van der Waals surface area contributed by atoms with E-state index >= 15 is 0 Å². The Morgan fingerprint density at radius 2 is 2.21 bits per heavy atom. The molecule has 0 fully saturated rings. The van der Waals surface area contributed by atoms with E-state index in [4.69, 9.17) is 0 Å². The normalized spacial score (nSPS) is 12.2. The number of rotatable bonds is 4. The lowest BCUT2D eigenvalue weighted by Gasteiger charge is -2.11. The minimum atomic E-state index is -4.61. The molecule has 8 heteroatoms. The van der Waals surface area contributed by atoms with Gasteiger partial charge in [-0.3, -0.25) is 9.78 Å². The Hall–Kier alpha value is -2.12. The molecule has 0 aliphatic rings. The van der Waals surface area contributed by atoms with Crippen LogP contribution in [0.15, 0.2) is 23.6 Å². The molecule has 0 atom stereocenters. The van der Waals surface area contributed by atoms with Crippen molar-refractivity contribution in [3.8, 4) is 0 Å². The lowest BCUT2D eigenvalue weighted by atomic mass is 10.1. The quantitative estimate of drug-likeness (QED) is 0.673. The van der Waals surface area contributed by atoms with E-state index in [2.05, 4.69) is 20.3 Å². The summed E-state index contributed by atoms with van der Waals surface area (Å²) in [4.78, 5) is 19.7. The summed E-state index contributed by atoms with van der Waals surface area (Å²) in [6, 6.07) is 0.755. The zero-order valence-electron chi connectivity index (χ0n) is 10.3. The number of oxime groups is 1. The first-order valence-electron chi connectivity index (χ1n) is 5.22. The monoisotopic (exact) mass is 275 g/mol. The van der Waals surface area contributed by atoms with Gasteiger partial charge in [0.1, 0.15) is 7.11 Å². The van der Waals surface area contributed by atoms with E-state index in [1.165, 1.54) is 7.11 Å². The van der Waals surface area contributed by atoms with E-state index in [1.54, 1.807) is 6.92 Å². The summed E-state index contributed by atoms with van der Waals surface area (Å²) in [6.07, 6.45) is -2.75. The van der Waals surface area contributed by atoms with Gasteiger partial charge in [-0.1, -0.05) is 5.16 Å². The summed E-state index contributed by atoms with van der Waals surface area (Å²) in [5.74, 6) is -0.869. The Kier molecular flexibility index (Phi) is 4.85. The molecule has 0 saturated carbocycles. The van der Waals surface area contributed by atoms with Crippen molar-refractivity contribution in [1.29, 1.82) is 0 Å². The number of amides is 1. The van der Waals surface area contributed by atoms with Crippen molar-refractivity contribution in [3.05, 3.63) is 29.6 Å². The van der Waals surface area contributed by atoms with Gasteiger partial charge >= 0.3 is 6.18 Å². The summed E-state index contributed by atoms with van der Waals surface area (Å²) in [7, 11) is 1.33. The fourth-order valence-corrected chi connectivity index (χ4v) is 1.31. The molecule has 5 nitrogen and oxygen atoms in total. The van der Waals surface area contributed by atoms with E-state index in [0.29, 0.717) is 5.71 Å². The molecule has 0 aromatic carbocycles. The molecule has 104 valence electrons. The van der Waals surface area contributed by atoms with Crippen LogP contribution >= 0.6 is 0 Å². The van der Waals surface area contributed by atoms with Gasteiger partial charge in [0.05, 0.1) is 23.4 Å². The number of pyridine rings is 1. The highest BCUT2D eigenvalue weighted by Crippen LogP contribution is 2.31. The molecule has 0 aliphatic heterocycles. The Bertz CT molecular complexity index is 486. The predicted molar refractivity (Wildman–Crippen MR) is 61.7 cm³/mol. The number of carbonyl (C=O) groups excluding carboxylic acids is 1. The molecular weight excluding hydrogens is 263 g/mol. The number of hydrogen-bond donors (Lipinski definition) is 1. The first-order valence-corrected chi connectivity index (χ1v) is 5.22. The number of carbonyl (C=O) groups is 1. The highest BCUT2D eigenvalue weighted by atomic mass is 19.4. The van der Waals surface area contributed by atoms with E-state index in [9.17, 15) is 18.0 Å². The largest absolute Gasteiger partial charge is 0.417 e. The van der Waals surface area contributed by atoms with Crippen molar-refractivity contribution < 1.29 is 22.8 Å². The number of hydrogen-bond acceptors (Lipinski definition) is 4. The van der Waals surface area contributed by atoms with E-state index in [-0.39, 0.29) is 6.54 Å². The molecule has 0 spiro atoms. The summed E-state index contributed by atoms with van der Waals surface area (Å²) >= 11 is 0. The van der Waals surface area contributed by atoms with Crippen molar-refractivity contribution in [2.75, 3.05) is 13.7 Å². The van der Waals surface area contributed by atoms with Gasteiger partial charge in [0.15, 0.2) is 0 Å². The number of halogens is 3. The van der Waals surface area contributed by atoms with Crippen LogP contribution in [0.4, 0.5) is 13.2 Å². The Labute approximate surface area is 107 Å². The first-order chi connectivity index (χ1) is 8.86. The van der Waals surface area contributed by atoms with Crippen LogP contribution < -0.4 is 5.32 Å². The van der Waals surface area contributed by atoms with Gasteiger partial charge in [-0.2, -0.15) is 13.2 Å². The van der Waals surface area contributed by atoms with Crippen LogP contribution in [0.5, 0.6) is 0 Å². The summed E-state index contributed by atoms with van der Waals surface area (Å²) in [5, 5.41) is 5.83. The van der Waals surface area contributed by atoms with Gasteiger partial charge in [0.25, 0.3) is 5.91 Å². The highest BCUT2D eigenvalue weighted by Gasteiger charge is 2.35. The van der Waals surface area contributed by atoms with Crippen molar-refractivity contribution in [3.63, 3.8) is 0 Å². The molecule has 1 heterocycles. The second-order valence-corrected chi connectivity index (χ2v) is 3.61. The van der Waals surface area contributed by atoms with Gasteiger partial charge < -0.3 is 10.2 Å². The zero-order chi connectivity index (χ0) is 14.5. The Balaban J connectivity index is 2.86. The molecule has 1 aromatic heterocycles. The van der Waals surface area contributed by atoms with Gasteiger partial charge in [0, 0.05) is 12.4 Å². The van der Waals surface area contributed by atoms with E-state index < -0.39 is 23.2 Å². The fourth-order valence-electron chi connectivity index (χ4n) is 1.31. The highest BCUT2D eigenvalue weighted by molar-refractivity contribution is 5.98. The van der Waals surface area contributed by atoms with E-state index in [1.807, 2.05) is 0 Å². The van der Waals surface area contributed by atoms with Crippen LogP contribution in [-0.2, 0) is 11.0 Å². The number of aromatic nitrogens is 1. The average molecular weight is 275 g/mol. The number of nitrogens with one attached hydrogen (secondary N) is 1. The summed E-state index contributed by atoms with van der Waals surface area (Å²) in [5.41, 5.74) is -1.13. The second kappa shape index (κ2) is 6.17. The maximum absolute atomic E-state index is 12.7. The van der Waals surface area contributed by atoms with Crippen LogP contribution in [0.1, 0.15) is 22.8 Å². The minimum absolute atomic E-state index is 0.0150.